The monoisotopic (exact) mass is 352 g/mol. The summed E-state index contributed by atoms with van der Waals surface area (Å²) >= 11 is 0. The van der Waals surface area contributed by atoms with Crippen molar-refractivity contribution in [2.45, 2.75) is 32.8 Å². The van der Waals surface area contributed by atoms with Gasteiger partial charge in [-0.25, -0.2) is 4.98 Å². The van der Waals surface area contributed by atoms with Crippen LogP contribution >= 0.6 is 0 Å². The number of rotatable bonds is 5. The summed E-state index contributed by atoms with van der Waals surface area (Å²) in [6.45, 7) is 5.65. The first-order valence-corrected chi connectivity index (χ1v) is 9.03. The number of ether oxygens (including phenoxy) is 2. The molecule has 1 aliphatic rings. The largest absolute Gasteiger partial charge is 0.496 e. The molecule has 1 fully saturated rings. The Hall–Kier alpha value is -2.60. The topological polar surface area (TPSA) is 60.7 Å². The van der Waals surface area contributed by atoms with Crippen LogP contribution in [0.3, 0.4) is 0 Å². The van der Waals surface area contributed by atoms with Crippen molar-refractivity contribution in [1.82, 2.24) is 14.6 Å². The van der Waals surface area contributed by atoms with Crippen LogP contribution in [0.25, 0.3) is 16.8 Å². The molecule has 0 amide bonds. The second-order valence-corrected chi connectivity index (χ2v) is 6.69. The number of hydrogen-bond donors (Lipinski definition) is 1. The van der Waals surface area contributed by atoms with E-state index in [1.165, 1.54) is 0 Å². The van der Waals surface area contributed by atoms with Gasteiger partial charge < -0.3 is 14.8 Å². The van der Waals surface area contributed by atoms with Crippen LogP contribution in [0.2, 0.25) is 0 Å². The lowest BCUT2D eigenvalue weighted by atomic mass is 10.1. The third-order valence-electron chi connectivity index (χ3n) is 4.80. The Bertz CT molecular complexity index is 929. The molecule has 3 heterocycles. The van der Waals surface area contributed by atoms with E-state index in [4.69, 9.17) is 19.6 Å². The van der Waals surface area contributed by atoms with E-state index in [-0.39, 0.29) is 6.10 Å². The predicted molar refractivity (Wildman–Crippen MR) is 102 cm³/mol. The highest BCUT2D eigenvalue weighted by Gasteiger charge is 2.20. The number of nitrogens with zero attached hydrogens (tertiary/aromatic N) is 3. The zero-order valence-corrected chi connectivity index (χ0v) is 15.5. The molecule has 6 nitrogen and oxygen atoms in total. The Morgan fingerprint density at radius 1 is 1.31 bits per heavy atom. The fourth-order valence-electron chi connectivity index (χ4n) is 3.56. The molecule has 1 aliphatic heterocycles. The summed E-state index contributed by atoms with van der Waals surface area (Å²) in [7, 11) is 1.69. The number of benzene rings is 1. The number of hydrogen-bond acceptors (Lipinski definition) is 5. The molecule has 1 atom stereocenters. The smallest absolute Gasteiger partial charge is 0.165 e. The van der Waals surface area contributed by atoms with E-state index in [9.17, 15) is 0 Å². The average Bonchev–Trinajstić information content (AvgIpc) is 3.27. The van der Waals surface area contributed by atoms with Crippen molar-refractivity contribution in [2.75, 3.05) is 25.6 Å². The molecule has 2 aromatic heterocycles. The van der Waals surface area contributed by atoms with Gasteiger partial charge in [0.15, 0.2) is 5.65 Å². The zero-order valence-electron chi connectivity index (χ0n) is 15.5. The number of nitrogens with one attached hydrogen (secondary N) is 1. The SMILES string of the molecule is COc1ccccc1-c1c(C)nn2c(NC[C@H]3CCCO3)cc(C)nc12. The summed E-state index contributed by atoms with van der Waals surface area (Å²) in [5, 5.41) is 8.24. The Balaban J connectivity index is 1.79. The van der Waals surface area contributed by atoms with Crippen LogP contribution in [-0.4, -0.2) is 41.0 Å². The predicted octanol–water partition coefficient (Wildman–Crippen LogP) is 3.61. The summed E-state index contributed by atoms with van der Waals surface area (Å²) in [5.74, 6) is 1.76. The van der Waals surface area contributed by atoms with E-state index < -0.39 is 0 Å². The normalized spacial score (nSPS) is 17.0. The lowest BCUT2D eigenvalue weighted by Gasteiger charge is -2.13. The summed E-state index contributed by atoms with van der Waals surface area (Å²) in [4.78, 5) is 4.76. The molecule has 0 saturated carbocycles. The van der Waals surface area contributed by atoms with Gasteiger partial charge >= 0.3 is 0 Å². The van der Waals surface area contributed by atoms with Crippen molar-refractivity contribution in [2.24, 2.45) is 0 Å². The van der Waals surface area contributed by atoms with Crippen molar-refractivity contribution < 1.29 is 9.47 Å². The van der Waals surface area contributed by atoms with Gasteiger partial charge in [-0.05, 0) is 32.8 Å². The molecule has 4 rings (SSSR count). The van der Waals surface area contributed by atoms with E-state index in [1.54, 1.807) is 7.11 Å². The van der Waals surface area contributed by atoms with Crippen molar-refractivity contribution in [3.63, 3.8) is 0 Å². The third-order valence-corrected chi connectivity index (χ3v) is 4.80. The van der Waals surface area contributed by atoms with Crippen molar-refractivity contribution in [3.05, 3.63) is 41.7 Å². The second-order valence-electron chi connectivity index (χ2n) is 6.69. The average molecular weight is 352 g/mol. The van der Waals surface area contributed by atoms with E-state index in [0.29, 0.717) is 0 Å². The molecule has 0 radical (unpaired) electrons. The van der Waals surface area contributed by atoms with Gasteiger partial charge in [-0.1, -0.05) is 18.2 Å². The van der Waals surface area contributed by atoms with E-state index >= 15 is 0 Å². The summed E-state index contributed by atoms with van der Waals surface area (Å²) in [5.41, 5.74) is 4.72. The fourth-order valence-corrected chi connectivity index (χ4v) is 3.56. The van der Waals surface area contributed by atoms with Gasteiger partial charge in [0.05, 0.1) is 24.5 Å². The van der Waals surface area contributed by atoms with E-state index in [1.807, 2.05) is 48.7 Å². The number of anilines is 1. The number of methoxy groups -OCH3 is 1. The molecule has 1 N–H and O–H groups in total. The van der Waals surface area contributed by atoms with Gasteiger partial charge in [0.25, 0.3) is 0 Å². The number of aryl methyl sites for hydroxylation is 2. The third kappa shape index (κ3) is 3.01. The number of fused-ring (bicyclic) bond motifs is 1. The highest BCUT2D eigenvalue weighted by Crippen LogP contribution is 2.35. The Morgan fingerprint density at radius 3 is 2.92 bits per heavy atom. The van der Waals surface area contributed by atoms with Crippen LogP contribution in [0, 0.1) is 13.8 Å². The van der Waals surface area contributed by atoms with Gasteiger partial charge in [-0.15, -0.1) is 0 Å². The lowest BCUT2D eigenvalue weighted by molar-refractivity contribution is 0.120. The maximum Gasteiger partial charge on any atom is 0.165 e. The van der Waals surface area contributed by atoms with E-state index in [2.05, 4.69) is 5.32 Å². The lowest BCUT2D eigenvalue weighted by Crippen LogP contribution is -2.20. The molecule has 1 aromatic carbocycles. The van der Waals surface area contributed by atoms with Crippen LogP contribution in [0.5, 0.6) is 5.75 Å². The van der Waals surface area contributed by atoms with Crippen molar-refractivity contribution in [3.8, 4) is 16.9 Å². The van der Waals surface area contributed by atoms with Crippen LogP contribution in [0.4, 0.5) is 5.82 Å². The van der Waals surface area contributed by atoms with Crippen molar-refractivity contribution in [1.29, 1.82) is 0 Å². The van der Waals surface area contributed by atoms with Crippen LogP contribution in [-0.2, 0) is 4.74 Å². The zero-order chi connectivity index (χ0) is 18.1. The first-order valence-electron chi connectivity index (χ1n) is 9.03. The first kappa shape index (κ1) is 16.8. The summed E-state index contributed by atoms with van der Waals surface area (Å²) < 4.78 is 13.2. The molecule has 1 saturated heterocycles. The van der Waals surface area contributed by atoms with Crippen LogP contribution in [0.15, 0.2) is 30.3 Å². The number of aromatic nitrogens is 3. The highest BCUT2D eigenvalue weighted by molar-refractivity contribution is 5.84. The second kappa shape index (κ2) is 6.96. The highest BCUT2D eigenvalue weighted by atomic mass is 16.5. The molecule has 0 aliphatic carbocycles. The molecule has 0 bridgehead atoms. The maximum absolute atomic E-state index is 5.72. The van der Waals surface area contributed by atoms with Gasteiger partial charge in [0.1, 0.15) is 11.6 Å². The first-order chi connectivity index (χ1) is 12.7. The Kier molecular flexibility index (Phi) is 4.51. The molecule has 3 aromatic rings. The van der Waals surface area contributed by atoms with Crippen LogP contribution in [0.1, 0.15) is 24.2 Å². The van der Waals surface area contributed by atoms with Crippen LogP contribution < -0.4 is 10.1 Å². The van der Waals surface area contributed by atoms with Gasteiger partial charge in [0.2, 0.25) is 0 Å². The minimum absolute atomic E-state index is 0.267. The minimum atomic E-state index is 0.267. The van der Waals surface area contributed by atoms with Gasteiger partial charge in [-0.2, -0.15) is 9.61 Å². The van der Waals surface area contributed by atoms with Gasteiger partial charge in [0, 0.05) is 30.5 Å². The minimum Gasteiger partial charge on any atom is -0.496 e. The molecule has 6 heteroatoms. The molecule has 26 heavy (non-hydrogen) atoms. The Morgan fingerprint density at radius 2 is 2.15 bits per heavy atom. The van der Waals surface area contributed by atoms with E-state index in [0.717, 1.165) is 65.7 Å². The van der Waals surface area contributed by atoms with Crippen molar-refractivity contribution >= 4 is 11.5 Å². The quantitative estimate of drug-likeness (QED) is 0.760. The number of para-hydroxylation sites is 1. The fraction of sp³-hybridized carbons (Fsp3) is 0.400. The molecular formula is C20H24N4O2. The maximum atomic E-state index is 5.72. The Labute approximate surface area is 153 Å². The molecule has 0 spiro atoms. The summed E-state index contributed by atoms with van der Waals surface area (Å²) in [6.07, 6.45) is 2.50. The molecule has 136 valence electrons. The summed E-state index contributed by atoms with van der Waals surface area (Å²) in [6, 6.07) is 10.0. The molecule has 0 unspecified atom stereocenters. The molecular weight excluding hydrogens is 328 g/mol. The standard InChI is InChI=1S/C20H24N4O2/c1-13-11-18(21-12-15-7-6-10-26-15)24-20(22-13)19(14(2)23-24)16-8-4-5-9-17(16)25-3/h4-5,8-9,11,15,21H,6-7,10,12H2,1-3H3/t15-/m1/s1. The van der Waals surface area contributed by atoms with Gasteiger partial charge in [-0.3, -0.25) is 0 Å².